The molecule has 0 aliphatic heterocycles. The van der Waals surface area contributed by atoms with Gasteiger partial charge in [-0.05, 0) is 51.1 Å². The van der Waals surface area contributed by atoms with E-state index in [0.717, 1.165) is 38.9 Å². The number of hydrogen-bond acceptors (Lipinski definition) is 4. The van der Waals surface area contributed by atoms with Crippen LogP contribution in [-0.2, 0) is 16.0 Å². The van der Waals surface area contributed by atoms with Crippen LogP contribution in [0.5, 0.6) is 0 Å². The highest BCUT2D eigenvalue weighted by Gasteiger charge is 2.29. The maximum absolute atomic E-state index is 12.7. The summed E-state index contributed by atoms with van der Waals surface area (Å²) in [5.74, 6) is -1.26. The first kappa shape index (κ1) is 23.8. The fourth-order valence-electron chi connectivity index (χ4n) is 4.86. The fraction of sp³-hybridized carbons (Fsp3) is 0.129. The first-order valence-corrected chi connectivity index (χ1v) is 12.0. The number of nitriles is 1. The van der Waals surface area contributed by atoms with Crippen LogP contribution in [0.25, 0.3) is 22.3 Å². The molecule has 0 saturated carbocycles. The van der Waals surface area contributed by atoms with Crippen LogP contribution in [0.15, 0.2) is 97.1 Å². The minimum atomic E-state index is -1.16. The Morgan fingerprint density at radius 1 is 0.865 bits per heavy atom. The molecule has 6 heteroatoms. The first-order valence-electron chi connectivity index (χ1n) is 12.0. The normalized spacial score (nSPS) is 12.6. The molecule has 182 valence electrons. The molecule has 4 aromatic rings. The number of carboxylic acid groups (broad SMARTS) is 1. The van der Waals surface area contributed by atoms with Crippen molar-refractivity contribution in [2.24, 2.45) is 0 Å². The lowest BCUT2D eigenvalue weighted by Crippen LogP contribution is -2.42. The van der Waals surface area contributed by atoms with Crippen molar-refractivity contribution in [2.45, 2.75) is 18.4 Å². The number of carbonyl (C=O) groups is 2. The monoisotopic (exact) mass is 488 g/mol. The maximum atomic E-state index is 12.7. The van der Waals surface area contributed by atoms with Gasteiger partial charge in [0.25, 0.3) is 0 Å². The summed E-state index contributed by atoms with van der Waals surface area (Å²) in [6.07, 6.45) is -0.683. The third-order valence-electron chi connectivity index (χ3n) is 6.63. The lowest BCUT2D eigenvalue weighted by molar-refractivity contribution is -0.139. The smallest absolute Gasteiger partial charge is 0.407 e. The number of aliphatic carboxylic acids is 1. The number of nitrogens with zero attached hydrogens (tertiary/aromatic N) is 1. The summed E-state index contributed by atoms with van der Waals surface area (Å²) in [7, 11) is 0. The summed E-state index contributed by atoms with van der Waals surface area (Å²) in [4.78, 5) is 24.6. The summed E-state index contributed by atoms with van der Waals surface area (Å²) in [5, 5.41) is 21.5. The molecule has 0 bridgehead atoms. The Hall–Kier alpha value is -4.89. The van der Waals surface area contributed by atoms with Crippen LogP contribution < -0.4 is 5.32 Å². The van der Waals surface area contributed by atoms with Gasteiger partial charge in [0, 0.05) is 12.3 Å². The molecule has 0 fully saturated rings. The SMILES string of the molecule is N#Cc1cccc(-c2cccc(C[C@H](NC(=O)OCC3c4ccccc4-c4ccccc43)C(=O)O)c2)c1. The lowest BCUT2D eigenvalue weighted by atomic mass is 9.98. The minimum absolute atomic E-state index is 0.0886. The van der Waals surface area contributed by atoms with E-state index >= 15 is 0 Å². The van der Waals surface area contributed by atoms with Crippen LogP contribution in [0.3, 0.4) is 0 Å². The molecular formula is C31H24N2O4. The lowest BCUT2D eigenvalue weighted by Gasteiger charge is -2.18. The van der Waals surface area contributed by atoms with Gasteiger partial charge in [-0.25, -0.2) is 9.59 Å². The second-order valence-electron chi connectivity index (χ2n) is 8.96. The van der Waals surface area contributed by atoms with E-state index in [1.807, 2.05) is 66.7 Å². The molecule has 0 radical (unpaired) electrons. The zero-order valence-electron chi connectivity index (χ0n) is 19.9. The Bertz CT molecular complexity index is 1480. The Morgan fingerprint density at radius 2 is 1.49 bits per heavy atom. The standard InChI is InChI=1S/C31H24N2O4/c32-18-21-8-6-10-23(16-21)22-9-5-7-20(15-22)17-29(30(34)35)33-31(36)37-19-28-26-13-3-1-11-24(26)25-12-2-4-14-27(25)28/h1-16,28-29H,17,19H2,(H,33,36)(H,34,35)/t29-/m0/s1. The molecule has 0 heterocycles. The predicted octanol–water partition coefficient (Wildman–Crippen LogP) is 5.76. The molecule has 1 amide bonds. The average molecular weight is 489 g/mol. The van der Waals surface area contributed by atoms with Gasteiger partial charge in [-0.3, -0.25) is 0 Å². The molecule has 1 aliphatic rings. The molecule has 2 N–H and O–H groups in total. The molecule has 0 aromatic heterocycles. The third-order valence-corrected chi connectivity index (χ3v) is 6.63. The molecule has 1 aliphatic carbocycles. The van der Waals surface area contributed by atoms with E-state index in [4.69, 9.17) is 10.00 Å². The summed E-state index contributed by atoms with van der Waals surface area (Å²) in [6, 6.07) is 31.6. The van der Waals surface area contributed by atoms with Gasteiger partial charge in [-0.15, -0.1) is 0 Å². The van der Waals surface area contributed by atoms with Crippen molar-refractivity contribution in [2.75, 3.05) is 6.61 Å². The highest BCUT2D eigenvalue weighted by molar-refractivity contribution is 5.81. The van der Waals surface area contributed by atoms with Crippen molar-refractivity contribution in [3.63, 3.8) is 0 Å². The van der Waals surface area contributed by atoms with Crippen LogP contribution in [0.2, 0.25) is 0 Å². The van der Waals surface area contributed by atoms with Crippen LogP contribution in [-0.4, -0.2) is 29.8 Å². The number of nitrogens with one attached hydrogen (secondary N) is 1. The molecule has 37 heavy (non-hydrogen) atoms. The van der Waals surface area contributed by atoms with Crippen molar-refractivity contribution in [1.82, 2.24) is 5.32 Å². The topological polar surface area (TPSA) is 99.4 Å². The van der Waals surface area contributed by atoms with E-state index < -0.39 is 18.1 Å². The predicted molar refractivity (Wildman–Crippen MR) is 140 cm³/mol. The molecular weight excluding hydrogens is 464 g/mol. The van der Waals surface area contributed by atoms with E-state index in [2.05, 4.69) is 23.5 Å². The van der Waals surface area contributed by atoms with Crippen molar-refractivity contribution in [3.8, 4) is 28.3 Å². The minimum Gasteiger partial charge on any atom is -0.480 e. The largest absolute Gasteiger partial charge is 0.480 e. The number of alkyl carbamates (subject to hydrolysis) is 1. The van der Waals surface area contributed by atoms with Gasteiger partial charge in [0.2, 0.25) is 0 Å². The molecule has 0 spiro atoms. The Labute approximate surface area is 214 Å². The van der Waals surface area contributed by atoms with Crippen molar-refractivity contribution < 1.29 is 19.4 Å². The van der Waals surface area contributed by atoms with Crippen LogP contribution in [0.4, 0.5) is 4.79 Å². The second-order valence-corrected chi connectivity index (χ2v) is 8.96. The Balaban J connectivity index is 1.26. The van der Waals surface area contributed by atoms with Gasteiger partial charge < -0.3 is 15.2 Å². The average Bonchev–Trinajstić information content (AvgIpc) is 3.25. The van der Waals surface area contributed by atoms with Gasteiger partial charge in [0.1, 0.15) is 12.6 Å². The Kier molecular flexibility index (Phi) is 6.69. The maximum Gasteiger partial charge on any atom is 0.407 e. The fourth-order valence-corrected chi connectivity index (χ4v) is 4.86. The van der Waals surface area contributed by atoms with Gasteiger partial charge in [0.15, 0.2) is 0 Å². The molecule has 4 aromatic carbocycles. The summed E-state index contributed by atoms with van der Waals surface area (Å²) >= 11 is 0. The van der Waals surface area contributed by atoms with Crippen LogP contribution in [0, 0.1) is 11.3 Å². The first-order chi connectivity index (χ1) is 18.0. The highest BCUT2D eigenvalue weighted by Crippen LogP contribution is 2.44. The zero-order valence-corrected chi connectivity index (χ0v) is 19.9. The van der Waals surface area contributed by atoms with E-state index in [9.17, 15) is 14.7 Å². The number of ether oxygens (including phenoxy) is 1. The number of benzene rings is 4. The van der Waals surface area contributed by atoms with Crippen molar-refractivity contribution in [3.05, 3.63) is 119 Å². The second kappa shape index (κ2) is 10.4. The number of hydrogen-bond donors (Lipinski definition) is 2. The van der Waals surface area contributed by atoms with Gasteiger partial charge in [-0.1, -0.05) is 84.9 Å². The Morgan fingerprint density at radius 3 is 2.14 bits per heavy atom. The molecule has 5 rings (SSSR count). The number of fused-ring (bicyclic) bond motifs is 3. The van der Waals surface area contributed by atoms with Crippen molar-refractivity contribution in [1.29, 1.82) is 5.26 Å². The summed E-state index contributed by atoms with van der Waals surface area (Å²) in [6.45, 7) is 0.108. The van der Waals surface area contributed by atoms with Gasteiger partial charge in [0.05, 0.1) is 11.6 Å². The molecule has 6 nitrogen and oxygen atoms in total. The highest BCUT2D eigenvalue weighted by atomic mass is 16.5. The molecule has 0 saturated heterocycles. The third kappa shape index (κ3) is 5.07. The molecule has 0 unspecified atom stereocenters. The summed E-state index contributed by atoms with van der Waals surface area (Å²) in [5.41, 5.74) is 7.42. The molecule has 1 atom stereocenters. The van der Waals surface area contributed by atoms with Gasteiger partial charge >= 0.3 is 12.1 Å². The number of rotatable bonds is 7. The quantitative estimate of drug-likeness (QED) is 0.345. The van der Waals surface area contributed by atoms with E-state index in [0.29, 0.717) is 5.56 Å². The number of carbonyl (C=O) groups excluding carboxylic acids is 1. The van der Waals surface area contributed by atoms with Gasteiger partial charge in [-0.2, -0.15) is 5.26 Å². The number of carboxylic acids is 1. The zero-order chi connectivity index (χ0) is 25.8. The van der Waals surface area contributed by atoms with E-state index in [1.54, 1.807) is 18.2 Å². The van der Waals surface area contributed by atoms with Crippen molar-refractivity contribution >= 4 is 12.1 Å². The van der Waals surface area contributed by atoms with E-state index in [-0.39, 0.29) is 18.9 Å². The number of amides is 1. The summed E-state index contributed by atoms with van der Waals surface area (Å²) < 4.78 is 5.53. The van der Waals surface area contributed by atoms with E-state index in [1.165, 1.54) is 0 Å². The van der Waals surface area contributed by atoms with Crippen LogP contribution >= 0.6 is 0 Å². The van der Waals surface area contributed by atoms with Crippen LogP contribution in [0.1, 0.15) is 28.2 Å².